The molecule has 4 heteroatoms. The first-order chi connectivity index (χ1) is 12.1. The number of hydrogen-bond acceptors (Lipinski definition) is 2. The van der Waals surface area contributed by atoms with Crippen LogP contribution in [0.4, 0.5) is 4.79 Å². The summed E-state index contributed by atoms with van der Waals surface area (Å²) in [4.78, 5) is 14.4. The molecule has 1 aromatic rings. The Balaban J connectivity index is 1.52. The van der Waals surface area contributed by atoms with Gasteiger partial charge in [-0.15, -0.1) is 0 Å². The first-order valence-electron chi connectivity index (χ1n) is 9.59. The minimum Gasteiger partial charge on any atom is -0.338 e. The second kappa shape index (κ2) is 7.07. The maximum absolute atomic E-state index is 12.5. The quantitative estimate of drug-likeness (QED) is 0.879. The Morgan fingerprint density at radius 3 is 2.40 bits per heavy atom. The van der Waals surface area contributed by atoms with Crippen molar-refractivity contribution in [2.24, 2.45) is 11.3 Å². The van der Waals surface area contributed by atoms with E-state index in [1.165, 1.54) is 19.3 Å². The van der Waals surface area contributed by atoms with Crippen molar-refractivity contribution < 1.29 is 4.79 Å². The molecule has 134 valence electrons. The summed E-state index contributed by atoms with van der Waals surface area (Å²) < 4.78 is 0. The third kappa shape index (κ3) is 3.38. The molecule has 1 atom stereocenters. The highest BCUT2D eigenvalue weighted by Crippen LogP contribution is 2.57. The van der Waals surface area contributed by atoms with E-state index in [-0.39, 0.29) is 6.03 Å². The van der Waals surface area contributed by atoms with Crippen LogP contribution in [0.5, 0.6) is 0 Å². The fourth-order valence-electron chi connectivity index (χ4n) is 4.47. The first kappa shape index (κ1) is 17.8. The molecule has 1 saturated heterocycles. The summed E-state index contributed by atoms with van der Waals surface area (Å²) in [6.45, 7) is 6.58. The molecule has 1 saturated carbocycles. The number of benzene rings is 1. The molecule has 2 aliphatic rings. The second-order valence-corrected chi connectivity index (χ2v) is 7.70. The van der Waals surface area contributed by atoms with Gasteiger partial charge in [0.2, 0.25) is 0 Å². The van der Waals surface area contributed by atoms with Crippen molar-refractivity contribution in [2.45, 2.75) is 51.4 Å². The molecule has 0 spiro atoms. The van der Waals surface area contributed by atoms with Crippen molar-refractivity contribution >= 4 is 6.03 Å². The highest BCUT2D eigenvalue weighted by atomic mass is 16.2. The van der Waals surface area contributed by atoms with E-state index in [0.717, 1.165) is 12.1 Å². The smallest absolute Gasteiger partial charge is 0.317 e. The van der Waals surface area contributed by atoms with Crippen LogP contribution in [0.25, 0.3) is 0 Å². The number of carbonyl (C=O) groups excluding carboxylic acids is 1. The number of piperidine rings is 1. The predicted molar refractivity (Wildman–Crippen MR) is 99.1 cm³/mol. The topological polar surface area (TPSA) is 56.1 Å². The Morgan fingerprint density at radius 1 is 1.24 bits per heavy atom. The number of nitriles is 1. The standard InChI is InChI=1S/C21H29N3O/c1-3-20(4-2)14-18(20)15-23-19(25)24-12-10-21(16-22,11-13-24)17-8-6-5-7-9-17/h5-9,18H,3-4,10-15H2,1-2H3,(H,23,25). The molecule has 1 aliphatic carbocycles. The molecule has 3 rings (SSSR count). The molecule has 2 fully saturated rings. The summed E-state index contributed by atoms with van der Waals surface area (Å²) in [7, 11) is 0. The van der Waals surface area contributed by atoms with Crippen LogP contribution in [0.15, 0.2) is 30.3 Å². The Kier molecular flexibility index (Phi) is 5.03. The molecule has 1 aromatic carbocycles. The van der Waals surface area contributed by atoms with E-state index in [1.807, 2.05) is 35.2 Å². The van der Waals surface area contributed by atoms with Crippen LogP contribution < -0.4 is 5.32 Å². The van der Waals surface area contributed by atoms with Crippen LogP contribution in [0.1, 0.15) is 51.5 Å². The van der Waals surface area contributed by atoms with E-state index in [0.29, 0.717) is 37.3 Å². The molecular weight excluding hydrogens is 310 g/mol. The van der Waals surface area contributed by atoms with E-state index in [4.69, 9.17) is 0 Å². The largest absolute Gasteiger partial charge is 0.338 e. The van der Waals surface area contributed by atoms with Crippen LogP contribution in [0.3, 0.4) is 0 Å². The second-order valence-electron chi connectivity index (χ2n) is 7.70. The third-order valence-electron chi connectivity index (χ3n) is 6.71. The highest BCUT2D eigenvalue weighted by Gasteiger charge is 2.50. The molecule has 1 N–H and O–H groups in total. The van der Waals surface area contributed by atoms with Crippen LogP contribution in [-0.2, 0) is 5.41 Å². The lowest BCUT2D eigenvalue weighted by atomic mass is 9.74. The molecular formula is C21H29N3O. The molecule has 25 heavy (non-hydrogen) atoms. The van der Waals surface area contributed by atoms with Crippen LogP contribution >= 0.6 is 0 Å². The van der Waals surface area contributed by atoms with Gasteiger partial charge in [0.15, 0.2) is 0 Å². The normalized spacial score (nSPS) is 23.6. The van der Waals surface area contributed by atoms with Crippen molar-refractivity contribution in [3.05, 3.63) is 35.9 Å². The van der Waals surface area contributed by atoms with Crippen LogP contribution in [-0.4, -0.2) is 30.6 Å². The summed E-state index contributed by atoms with van der Waals surface area (Å²) in [5.41, 5.74) is 1.10. The Hall–Kier alpha value is -2.02. The van der Waals surface area contributed by atoms with E-state index in [9.17, 15) is 10.1 Å². The molecule has 0 aromatic heterocycles. The summed E-state index contributed by atoms with van der Waals surface area (Å²) >= 11 is 0. The molecule has 1 aliphatic heterocycles. The lowest BCUT2D eigenvalue weighted by Crippen LogP contribution is -2.48. The molecule has 2 amide bonds. The number of hydrogen-bond donors (Lipinski definition) is 1. The fourth-order valence-corrected chi connectivity index (χ4v) is 4.47. The number of rotatable bonds is 5. The zero-order valence-electron chi connectivity index (χ0n) is 15.4. The van der Waals surface area contributed by atoms with Gasteiger partial charge in [0, 0.05) is 19.6 Å². The monoisotopic (exact) mass is 339 g/mol. The van der Waals surface area contributed by atoms with Gasteiger partial charge in [0.1, 0.15) is 0 Å². The van der Waals surface area contributed by atoms with E-state index >= 15 is 0 Å². The van der Waals surface area contributed by atoms with Crippen molar-refractivity contribution in [1.82, 2.24) is 10.2 Å². The number of amides is 2. The summed E-state index contributed by atoms with van der Waals surface area (Å²) in [6.07, 6.45) is 5.06. The Labute approximate surface area is 151 Å². The zero-order valence-corrected chi connectivity index (χ0v) is 15.4. The molecule has 1 unspecified atom stereocenters. The number of likely N-dealkylation sites (tertiary alicyclic amines) is 1. The minimum absolute atomic E-state index is 0.0348. The average Bonchev–Trinajstić information content (AvgIpc) is 3.41. The van der Waals surface area contributed by atoms with Gasteiger partial charge in [-0.3, -0.25) is 0 Å². The van der Waals surface area contributed by atoms with Crippen molar-refractivity contribution in [2.75, 3.05) is 19.6 Å². The van der Waals surface area contributed by atoms with Crippen LogP contribution in [0.2, 0.25) is 0 Å². The Bertz CT molecular complexity index is 637. The van der Waals surface area contributed by atoms with Crippen molar-refractivity contribution in [3.8, 4) is 6.07 Å². The van der Waals surface area contributed by atoms with Crippen LogP contribution in [0, 0.1) is 22.7 Å². The highest BCUT2D eigenvalue weighted by molar-refractivity contribution is 5.74. The van der Waals surface area contributed by atoms with Gasteiger partial charge in [-0.1, -0.05) is 57.0 Å². The van der Waals surface area contributed by atoms with Gasteiger partial charge in [0.25, 0.3) is 0 Å². The molecule has 0 bridgehead atoms. The summed E-state index contributed by atoms with van der Waals surface area (Å²) in [5.74, 6) is 0.638. The third-order valence-corrected chi connectivity index (χ3v) is 6.71. The molecule has 1 heterocycles. The minimum atomic E-state index is -0.450. The summed E-state index contributed by atoms with van der Waals surface area (Å²) in [6, 6.07) is 12.6. The molecule has 0 radical (unpaired) electrons. The number of urea groups is 1. The molecule has 4 nitrogen and oxygen atoms in total. The van der Waals surface area contributed by atoms with Gasteiger partial charge in [-0.25, -0.2) is 4.79 Å². The SMILES string of the molecule is CCC1(CC)CC1CNC(=O)N1CCC(C#N)(c2ccccc2)CC1. The van der Waals surface area contributed by atoms with Gasteiger partial charge in [-0.05, 0) is 36.2 Å². The van der Waals surface area contributed by atoms with Gasteiger partial charge in [-0.2, -0.15) is 5.26 Å². The zero-order chi connectivity index (χ0) is 17.9. The lowest BCUT2D eigenvalue weighted by Gasteiger charge is -2.37. The maximum Gasteiger partial charge on any atom is 0.317 e. The number of carbonyl (C=O) groups is 1. The maximum atomic E-state index is 12.5. The van der Waals surface area contributed by atoms with Gasteiger partial charge >= 0.3 is 6.03 Å². The van der Waals surface area contributed by atoms with Gasteiger partial charge < -0.3 is 10.2 Å². The average molecular weight is 339 g/mol. The lowest BCUT2D eigenvalue weighted by molar-refractivity contribution is 0.170. The van der Waals surface area contributed by atoms with Gasteiger partial charge in [0.05, 0.1) is 11.5 Å². The Morgan fingerprint density at radius 2 is 1.88 bits per heavy atom. The first-order valence-corrected chi connectivity index (χ1v) is 9.59. The van der Waals surface area contributed by atoms with Crippen molar-refractivity contribution in [3.63, 3.8) is 0 Å². The summed E-state index contributed by atoms with van der Waals surface area (Å²) in [5, 5.41) is 12.9. The number of nitrogens with zero attached hydrogens (tertiary/aromatic N) is 2. The number of nitrogens with one attached hydrogen (secondary N) is 1. The fraction of sp³-hybridized carbons (Fsp3) is 0.619. The van der Waals surface area contributed by atoms with E-state index in [1.54, 1.807) is 0 Å². The predicted octanol–water partition coefficient (Wildman–Crippen LogP) is 4.08. The van der Waals surface area contributed by atoms with Crippen molar-refractivity contribution in [1.29, 1.82) is 5.26 Å². The van der Waals surface area contributed by atoms with E-state index < -0.39 is 5.41 Å². The van der Waals surface area contributed by atoms with E-state index in [2.05, 4.69) is 25.2 Å².